The summed E-state index contributed by atoms with van der Waals surface area (Å²) in [5, 5.41) is 5.90. The molecule has 1 saturated heterocycles. The van der Waals surface area contributed by atoms with Crippen molar-refractivity contribution in [2.45, 2.75) is 12.5 Å². The van der Waals surface area contributed by atoms with Crippen LogP contribution in [0.1, 0.15) is 6.42 Å². The van der Waals surface area contributed by atoms with E-state index in [1.54, 1.807) is 6.20 Å². The molecule has 86 valence electrons. The van der Waals surface area contributed by atoms with E-state index in [0.29, 0.717) is 25.5 Å². The maximum atomic E-state index is 11.6. The summed E-state index contributed by atoms with van der Waals surface area (Å²) < 4.78 is 5.26. The van der Waals surface area contributed by atoms with Gasteiger partial charge in [0.05, 0.1) is 19.4 Å². The van der Waals surface area contributed by atoms with Gasteiger partial charge in [-0.05, 0) is 0 Å². The number of hydrogen-bond acceptors (Lipinski definition) is 5. The van der Waals surface area contributed by atoms with E-state index >= 15 is 0 Å². The van der Waals surface area contributed by atoms with Crippen molar-refractivity contribution in [3.63, 3.8) is 0 Å². The number of nitrogens with one attached hydrogen (secondary N) is 2. The molecule has 0 bridgehead atoms. The first-order valence-corrected chi connectivity index (χ1v) is 5.21. The molecule has 0 spiro atoms. The van der Waals surface area contributed by atoms with Crippen LogP contribution in [0, 0.1) is 0 Å². The van der Waals surface area contributed by atoms with Crippen LogP contribution in [0.5, 0.6) is 0 Å². The van der Waals surface area contributed by atoms with Crippen LogP contribution in [-0.4, -0.2) is 41.7 Å². The average Bonchev–Trinajstić information content (AvgIpc) is 2.31. The summed E-state index contributed by atoms with van der Waals surface area (Å²) in [4.78, 5) is 19.4. The summed E-state index contributed by atoms with van der Waals surface area (Å²) in [5.41, 5.74) is 0. The highest BCUT2D eigenvalue weighted by molar-refractivity contribution is 5.89. The minimum Gasteiger partial charge on any atom is -0.378 e. The molecule has 0 saturated carbocycles. The van der Waals surface area contributed by atoms with Gasteiger partial charge in [-0.25, -0.2) is 4.98 Å². The number of aromatic nitrogens is 2. The molecule has 2 heterocycles. The first-order valence-electron chi connectivity index (χ1n) is 5.21. The van der Waals surface area contributed by atoms with Gasteiger partial charge in [-0.3, -0.25) is 9.78 Å². The van der Waals surface area contributed by atoms with Crippen molar-refractivity contribution in [1.82, 2.24) is 15.3 Å². The number of morpholine rings is 1. The van der Waals surface area contributed by atoms with Crippen LogP contribution in [0.4, 0.5) is 5.82 Å². The van der Waals surface area contributed by atoms with E-state index in [4.69, 9.17) is 4.74 Å². The molecular formula is C10H14N4O2. The quantitative estimate of drug-likeness (QED) is 0.740. The molecule has 16 heavy (non-hydrogen) atoms. The summed E-state index contributed by atoms with van der Waals surface area (Å²) >= 11 is 0. The Morgan fingerprint density at radius 3 is 3.25 bits per heavy atom. The molecule has 2 rings (SSSR count). The number of carbonyl (C=O) groups is 1. The minimum atomic E-state index is -0.0801. The van der Waals surface area contributed by atoms with Crippen LogP contribution >= 0.6 is 0 Å². The molecule has 6 nitrogen and oxygen atoms in total. The molecule has 1 aromatic rings. The first-order chi connectivity index (χ1) is 7.84. The summed E-state index contributed by atoms with van der Waals surface area (Å²) in [6.45, 7) is 2.08. The molecule has 0 aromatic carbocycles. The molecule has 1 aliphatic rings. The van der Waals surface area contributed by atoms with Gasteiger partial charge in [-0.1, -0.05) is 0 Å². The normalized spacial score (nSPS) is 20.4. The Kier molecular flexibility index (Phi) is 3.79. The monoisotopic (exact) mass is 222 g/mol. The Balaban J connectivity index is 1.80. The lowest BCUT2D eigenvalue weighted by Gasteiger charge is -2.23. The number of amides is 1. The van der Waals surface area contributed by atoms with E-state index in [9.17, 15) is 4.79 Å². The molecule has 2 N–H and O–H groups in total. The van der Waals surface area contributed by atoms with Crippen LogP contribution in [0.2, 0.25) is 0 Å². The van der Waals surface area contributed by atoms with Gasteiger partial charge < -0.3 is 15.4 Å². The highest BCUT2D eigenvalue weighted by Crippen LogP contribution is 2.02. The SMILES string of the molecule is O=C(CC1COCCN1)Nc1cnccn1. The van der Waals surface area contributed by atoms with Gasteiger partial charge in [0.25, 0.3) is 0 Å². The molecule has 1 amide bonds. The number of ether oxygens (including phenoxy) is 1. The summed E-state index contributed by atoms with van der Waals surface area (Å²) in [6, 6.07) is 0.0884. The first kappa shape index (κ1) is 11.0. The summed E-state index contributed by atoms with van der Waals surface area (Å²) in [7, 11) is 0. The van der Waals surface area contributed by atoms with Gasteiger partial charge >= 0.3 is 0 Å². The van der Waals surface area contributed by atoms with Gasteiger partial charge in [-0.2, -0.15) is 0 Å². The Hall–Kier alpha value is -1.53. The van der Waals surface area contributed by atoms with Crippen molar-refractivity contribution in [3.8, 4) is 0 Å². The number of carbonyl (C=O) groups excluding carboxylic acids is 1. The highest BCUT2D eigenvalue weighted by Gasteiger charge is 2.16. The molecular weight excluding hydrogens is 208 g/mol. The van der Waals surface area contributed by atoms with E-state index in [-0.39, 0.29) is 11.9 Å². The van der Waals surface area contributed by atoms with Gasteiger partial charge in [-0.15, -0.1) is 0 Å². The van der Waals surface area contributed by atoms with Crippen molar-refractivity contribution in [2.24, 2.45) is 0 Å². The molecule has 1 aliphatic heterocycles. The zero-order chi connectivity index (χ0) is 11.2. The average molecular weight is 222 g/mol. The van der Waals surface area contributed by atoms with E-state index in [0.717, 1.165) is 6.54 Å². The standard InChI is InChI=1S/C10H14N4O2/c15-10(5-8-7-16-4-3-12-8)14-9-6-11-1-2-13-9/h1-2,6,8,12H,3-5,7H2,(H,13,14,15). The third-order valence-corrected chi connectivity index (χ3v) is 2.26. The minimum absolute atomic E-state index is 0.0801. The molecule has 1 atom stereocenters. The lowest BCUT2D eigenvalue weighted by Crippen LogP contribution is -2.43. The van der Waals surface area contributed by atoms with Crippen LogP contribution in [0.25, 0.3) is 0 Å². The second-order valence-corrected chi connectivity index (χ2v) is 3.57. The Labute approximate surface area is 93.4 Å². The Bertz CT molecular complexity index is 338. The fourth-order valence-corrected chi connectivity index (χ4v) is 1.53. The Morgan fingerprint density at radius 1 is 1.62 bits per heavy atom. The fourth-order valence-electron chi connectivity index (χ4n) is 1.53. The second-order valence-electron chi connectivity index (χ2n) is 3.57. The van der Waals surface area contributed by atoms with Crippen molar-refractivity contribution >= 4 is 11.7 Å². The summed E-state index contributed by atoms with van der Waals surface area (Å²) in [5.74, 6) is 0.396. The van der Waals surface area contributed by atoms with Gasteiger partial charge in [0.15, 0.2) is 5.82 Å². The molecule has 0 aliphatic carbocycles. The third-order valence-electron chi connectivity index (χ3n) is 2.26. The van der Waals surface area contributed by atoms with Crippen molar-refractivity contribution in [1.29, 1.82) is 0 Å². The Morgan fingerprint density at radius 2 is 2.56 bits per heavy atom. The van der Waals surface area contributed by atoms with E-state index in [1.807, 2.05) is 0 Å². The number of nitrogens with zero attached hydrogens (tertiary/aromatic N) is 2. The predicted octanol–water partition coefficient (Wildman–Crippen LogP) is -0.206. The highest BCUT2D eigenvalue weighted by atomic mass is 16.5. The van der Waals surface area contributed by atoms with Crippen LogP contribution in [0.3, 0.4) is 0 Å². The van der Waals surface area contributed by atoms with E-state index in [2.05, 4.69) is 20.6 Å². The van der Waals surface area contributed by atoms with E-state index in [1.165, 1.54) is 12.4 Å². The lowest BCUT2D eigenvalue weighted by atomic mass is 10.2. The maximum absolute atomic E-state index is 11.6. The van der Waals surface area contributed by atoms with E-state index < -0.39 is 0 Å². The van der Waals surface area contributed by atoms with Crippen LogP contribution < -0.4 is 10.6 Å². The summed E-state index contributed by atoms with van der Waals surface area (Å²) in [6.07, 6.45) is 5.00. The van der Waals surface area contributed by atoms with Crippen molar-refractivity contribution < 1.29 is 9.53 Å². The van der Waals surface area contributed by atoms with Crippen molar-refractivity contribution in [3.05, 3.63) is 18.6 Å². The number of anilines is 1. The van der Waals surface area contributed by atoms with Crippen LogP contribution in [0.15, 0.2) is 18.6 Å². The molecule has 0 radical (unpaired) electrons. The maximum Gasteiger partial charge on any atom is 0.227 e. The largest absolute Gasteiger partial charge is 0.378 e. The second kappa shape index (κ2) is 5.53. The fraction of sp³-hybridized carbons (Fsp3) is 0.500. The zero-order valence-electron chi connectivity index (χ0n) is 8.85. The topological polar surface area (TPSA) is 76.1 Å². The number of rotatable bonds is 3. The molecule has 6 heteroatoms. The van der Waals surface area contributed by atoms with Gasteiger partial charge in [0, 0.05) is 31.4 Å². The van der Waals surface area contributed by atoms with Gasteiger partial charge in [0.2, 0.25) is 5.91 Å². The van der Waals surface area contributed by atoms with Crippen molar-refractivity contribution in [2.75, 3.05) is 25.1 Å². The molecule has 1 fully saturated rings. The third kappa shape index (κ3) is 3.25. The van der Waals surface area contributed by atoms with Crippen LogP contribution in [-0.2, 0) is 9.53 Å². The van der Waals surface area contributed by atoms with Gasteiger partial charge in [0.1, 0.15) is 0 Å². The molecule has 1 unspecified atom stereocenters. The smallest absolute Gasteiger partial charge is 0.227 e. The number of hydrogen-bond donors (Lipinski definition) is 2. The molecule has 1 aromatic heterocycles. The predicted molar refractivity (Wildman–Crippen MR) is 57.9 cm³/mol. The zero-order valence-corrected chi connectivity index (χ0v) is 8.85. The lowest BCUT2D eigenvalue weighted by molar-refractivity contribution is -0.117.